The Kier molecular flexibility index (Phi) is 16.4. The largest absolute Gasteiger partial charge is 0.458 e. The molecule has 18 nitrogen and oxygen atoms in total. The molecule has 0 aromatic heterocycles. The number of ketones is 3. The third-order valence-electron chi connectivity index (χ3n) is 35.0. The highest BCUT2D eigenvalue weighted by Gasteiger charge is 2.83. The molecule has 18 rings (SSSR count). The molecule has 0 aromatic rings. The van der Waals surface area contributed by atoms with E-state index in [1.807, 2.05) is 54.5 Å². The van der Waals surface area contributed by atoms with E-state index in [2.05, 4.69) is 34.6 Å². The Morgan fingerprint density at radius 3 is 1.70 bits per heavy atom. The number of aliphatic hydroxyl groups is 6. The third-order valence-corrected chi connectivity index (χ3v) is 35.0. The van der Waals surface area contributed by atoms with Crippen molar-refractivity contribution in [2.45, 2.75) is 295 Å². The van der Waals surface area contributed by atoms with Crippen molar-refractivity contribution in [2.24, 2.45) is 109 Å². The van der Waals surface area contributed by atoms with Gasteiger partial charge >= 0.3 is 17.9 Å². The number of aliphatic hydroxyl groups excluding tert-OH is 2. The summed E-state index contributed by atoms with van der Waals surface area (Å²) < 4.78 is 36.0. The molecule has 9 saturated carbocycles. The quantitative estimate of drug-likeness (QED) is 0.0785. The summed E-state index contributed by atoms with van der Waals surface area (Å²) in [6.07, 6.45) is 22.4. The third kappa shape index (κ3) is 9.14. The average molecular weight is 1410 g/mol. The first kappa shape index (κ1) is 71.7. The lowest BCUT2D eigenvalue weighted by atomic mass is 9.43. The zero-order valence-corrected chi connectivity index (χ0v) is 62.7. The average Bonchev–Trinajstić information content (AvgIpc) is 1.50. The lowest BCUT2D eigenvalue weighted by Gasteiger charge is -2.61. The topological polar surface area (TPSA) is 289 Å². The Morgan fingerprint density at radius 1 is 0.569 bits per heavy atom. The van der Waals surface area contributed by atoms with Crippen LogP contribution in [0.25, 0.3) is 0 Å². The predicted octanol–water partition coefficient (Wildman–Crippen LogP) is 10.3. The molecule has 12 fully saturated rings. The van der Waals surface area contributed by atoms with Gasteiger partial charge in [0.1, 0.15) is 59.0 Å². The molecule has 6 aliphatic heterocycles. The molecule has 6 N–H and O–H groups in total. The van der Waals surface area contributed by atoms with Gasteiger partial charge in [0.15, 0.2) is 17.3 Å². The van der Waals surface area contributed by atoms with Gasteiger partial charge < -0.3 is 59.1 Å². The van der Waals surface area contributed by atoms with Gasteiger partial charge in [0.25, 0.3) is 0 Å². The zero-order chi connectivity index (χ0) is 73.1. The molecule has 18 aliphatic rings. The van der Waals surface area contributed by atoms with Crippen LogP contribution in [0, 0.1) is 109 Å². The fourth-order valence-electron chi connectivity index (χ4n) is 28.3. The summed E-state index contributed by atoms with van der Waals surface area (Å²) >= 11 is 0. The van der Waals surface area contributed by atoms with Crippen LogP contribution in [0.2, 0.25) is 0 Å². The van der Waals surface area contributed by atoms with Crippen molar-refractivity contribution >= 4 is 35.3 Å². The molecule has 0 radical (unpaired) electrons. The van der Waals surface area contributed by atoms with Crippen molar-refractivity contribution in [3.05, 3.63) is 69.9 Å². The number of allylic oxidation sites excluding steroid dienone is 3. The van der Waals surface area contributed by atoms with E-state index in [1.54, 1.807) is 44.2 Å². The van der Waals surface area contributed by atoms with Crippen LogP contribution in [-0.2, 0) is 57.2 Å². The fourth-order valence-corrected chi connectivity index (χ4v) is 28.3. The second kappa shape index (κ2) is 23.3. The molecule has 0 amide bonds. The van der Waals surface area contributed by atoms with Crippen LogP contribution in [0.3, 0.4) is 0 Å². The van der Waals surface area contributed by atoms with E-state index in [0.717, 1.165) is 93.8 Å². The highest BCUT2D eigenvalue weighted by molar-refractivity contribution is 5.99. The van der Waals surface area contributed by atoms with Crippen LogP contribution in [-0.4, -0.2) is 155 Å². The Morgan fingerprint density at radius 2 is 1.10 bits per heavy atom. The zero-order valence-electron chi connectivity index (χ0n) is 62.7. The van der Waals surface area contributed by atoms with E-state index >= 15 is 0 Å². The summed E-state index contributed by atoms with van der Waals surface area (Å²) in [5.74, 6) is 1.80. The van der Waals surface area contributed by atoms with E-state index in [1.165, 1.54) is 0 Å². The predicted molar refractivity (Wildman–Crippen MR) is 373 cm³/mol. The highest BCUT2D eigenvalue weighted by atomic mass is 16.6. The van der Waals surface area contributed by atoms with E-state index in [-0.39, 0.29) is 154 Å². The van der Waals surface area contributed by atoms with Crippen LogP contribution in [0.1, 0.15) is 213 Å². The highest BCUT2D eigenvalue weighted by Crippen LogP contribution is 2.77. The summed E-state index contributed by atoms with van der Waals surface area (Å²) in [7, 11) is 0. The number of rotatable bonds is 7. The van der Waals surface area contributed by atoms with Crippen LogP contribution < -0.4 is 0 Å². The first-order chi connectivity index (χ1) is 47.9. The Labute approximate surface area is 601 Å². The van der Waals surface area contributed by atoms with Crippen LogP contribution in [0.15, 0.2) is 69.9 Å². The summed E-state index contributed by atoms with van der Waals surface area (Å²) in [5, 5.41) is 68.0. The van der Waals surface area contributed by atoms with Gasteiger partial charge in [0, 0.05) is 36.3 Å². The molecule has 18 heteroatoms. The molecular weight excluding hydrogens is 1300 g/mol. The number of fused-ring (bicyclic) bond motifs is 20. The SMILES string of the molecule is CC1=C(C)C(=O)OC([C@@H](C)[C@@]2(O)CCC3C4C(CCC32C)C2(C)C(=O)C=CC[C@]2(O)[C@H]2O[C@@H]42)C1.CC1=C(C)C(=O)OC([C@](C)(O)[C@H]2CCC3C4C(CCC32C)C2(C)C(=O)C=CC[C@]2(O)[C@H]2O[C@@H]42)C1.CC1=C(CO)C(=O)OC([C@@H](C)[C@H]2CCC3C4C[C@H]5O[C@]56[C@@H](O)C=CC(=O)C6(C)C4CCC32C)C1. The minimum Gasteiger partial charge on any atom is -0.458 e. The lowest BCUT2D eigenvalue weighted by Crippen LogP contribution is -2.68. The van der Waals surface area contributed by atoms with Crippen molar-refractivity contribution in [1.29, 1.82) is 0 Å². The smallest absolute Gasteiger partial charge is 0.336 e. The van der Waals surface area contributed by atoms with Crippen molar-refractivity contribution in [3.63, 3.8) is 0 Å². The minimum absolute atomic E-state index is 0.0114. The van der Waals surface area contributed by atoms with Gasteiger partial charge in [0.05, 0.1) is 52.3 Å². The van der Waals surface area contributed by atoms with Gasteiger partial charge in [-0.1, -0.05) is 63.5 Å². The maximum atomic E-state index is 13.3. The van der Waals surface area contributed by atoms with Crippen LogP contribution >= 0.6 is 0 Å². The molecular formula is C84H114O18. The number of cyclic esters (lactones) is 3. The maximum Gasteiger partial charge on any atom is 0.336 e. The summed E-state index contributed by atoms with van der Waals surface area (Å²) in [6.45, 7) is 28.3. The maximum absolute atomic E-state index is 13.3. The molecule has 102 heavy (non-hydrogen) atoms. The number of hydrogen-bond acceptors (Lipinski definition) is 18. The molecule has 558 valence electrons. The summed E-state index contributed by atoms with van der Waals surface area (Å²) in [6, 6.07) is 0. The van der Waals surface area contributed by atoms with E-state index < -0.39 is 56.5 Å². The van der Waals surface area contributed by atoms with Gasteiger partial charge in [-0.05, 0) is 270 Å². The Bertz CT molecular complexity index is 3820. The normalized spacial score (nSPS) is 53.4. The van der Waals surface area contributed by atoms with Gasteiger partial charge in [-0.25, -0.2) is 14.4 Å². The number of carbonyl (C=O) groups excluding carboxylic acids is 6. The van der Waals surface area contributed by atoms with Gasteiger partial charge in [-0.3, -0.25) is 14.4 Å². The number of esters is 3. The van der Waals surface area contributed by atoms with Crippen LogP contribution in [0.4, 0.5) is 0 Å². The fraction of sp³-hybridized carbons (Fsp3) is 0.786. The second-order valence-electron chi connectivity index (χ2n) is 38.0. The van der Waals surface area contributed by atoms with Gasteiger partial charge in [0.2, 0.25) is 0 Å². The summed E-state index contributed by atoms with van der Waals surface area (Å²) in [4.78, 5) is 77.2. The van der Waals surface area contributed by atoms with E-state index in [0.29, 0.717) is 78.9 Å². The van der Waals surface area contributed by atoms with Crippen LogP contribution in [0.5, 0.6) is 0 Å². The number of carbonyl (C=O) groups is 6. The molecule has 6 heterocycles. The molecule has 3 saturated heterocycles. The number of epoxide rings is 3. The van der Waals surface area contributed by atoms with Crippen molar-refractivity contribution < 1.29 is 87.8 Å². The Balaban J connectivity index is 0.000000118. The van der Waals surface area contributed by atoms with Gasteiger partial charge in [-0.15, -0.1) is 0 Å². The van der Waals surface area contributed by atoms with E-state index in [9.17, 15) is 59.4 Å². The van der Waals surface area contributed by atoms with Crippen molar-refractivity contribution in [3.8, 4) is 0 Å². The Hall–Kier alpha value is -4.50. The molecule has 18 unspecified atom stereocenters. The first-order valence-electron chi connectivity index (χ1n) is 39.3. The van der Waals surface area contributed by atoms with E-state index in [4.69, 9.17) is 28.4 Å². The van der Waals surface area contributed by atoms with Gasteiger partial charge in [-0.2, -0.15) is 0 Å². The molecule has 33 atom stereocenters. The molecule has 0 aromatic carbocycles. The molecule has 0 bridgehead atoms. The summed E-state index contributed by atoms with van der Waals surface area (Å²) in [5.41, 5.74) is -3.07. The second-order valence-corrected chi connectivity index (χ2v) is 38.0. The van der Waals surface area contributed by atoms with Crippen molar-refractivity contribution in [1.82, 2.24) is 0 Å². The first-order valence-corrected chi connectivity index (χ1v) is 39.3. The standard InChI is InChI=1S/3C28H38O6/c1-14-13-19(33-24(30)15(14)2)16(3)27(31)12-9-17-21-18(8-11-25(17,27)4)26(5)20(29)7-6-10-28(26,32)23-22(21)34-23;1-14-13-20(33-24(30)15(14)2)27(5,31)18-9-8-16-21-17(10-12-25(16,18)3)26(4)19(29)7-6-11-28(26,32)23-22(21)34-23;1-14-11-21(33-25(32)17(14)13-29)15(2)18-5-6-19-16-12-24-28(34-24)23(31)8-7-22(30)27(28,4)20(16)9-10-26(18,19)3/h6-7,16-19,21-23,31-32H,8-13H2,1-5H3;6-7,16-18,20-23,31-32H,8-13H2,1-5H3;7-8,15-16,18-21,23-24,29,31H,5-6,9-13H2,1-4H3/t16-,17?,18?,19?,21?,22+,23+,25?,26?,27+,28+;16?,17?,18-,20?,21?,22-,23-,25?,26?,27+,28-;15-,16?,18+,19?,20?,21?,23-,24+,26?,27?,28+/m100/s1. The number of hydrogen-bond donors (Lipinski definition) is 6. The minimum atomic E-state index is -1.14. The monoisotopic (exact) mass is 1410 g/mol. The lowest BCUT2D eigenvalue weighted by molar-refractivity contribution is -0.202. The number of ether oxygens (including phenoxy) is 6. The molecule has 12 aliphatic carbocycles. The van der Waals surface area contributed by atoms with Crippen molar-refractivity contribution in [2.75, 3.05) is 6.61 Å². The molecule has 1 spiro atoms.